The standard InChI is InChI=1S/C26H28N2O2/c29-26(25-13-11-24(12-14-25)19-27-15-17-30-18-16-27)28(20-22-7-3-1-4-8-22)21-23-9-5-2-6-10-23/h1-14H,15-21H2/p+1. The maximum Gasteiger partial charge on any atom is 0.254 e. The van der Waals surface area contributed by atoms with Gasteiger partial charge in [-0.15, -0.1) is 0 Å². The number of hydrogen-bond acceptors (Lipinski definition) is 2. The number of hydrogen-bond donors (Lipinski definition) is 1. The number of rotatable bonds is 7. The predicted octanol–water partition coefficient (Wildman–Crippen LogP) is 2.94. The zero-order valence-electron chi connectivity index (χ0n) is 17.3. The lowest BCUT2D eigenvalue weighted by atomic mass is 10.1. The summed E-state index contributed by atoms with van der Waals surface area (Å²) < 4.78 is 5.44. The summed E-state index contributed by atoms with van der Waals surface area (Å²) in [6.07, 6.45) is 0. The molecule has 1 fully saturated rings. The fourth-order valence-electron chi connectivity index (χ4n) is 3.88. The van der Waals surface area contributed by atoms with Gasteiger partial charge in [-0.05, 0) is 23.3 Å². The summed E-state index contributed by atoms with van der Waals surface area (Å²) in [6, 6.07) is 28.5. The van der Waals surface area contributed by atoms with Crippen molar-refractivity contribution in [2.24, 2.45) is 0 Å². The van der Waals surface area contributed by atoms with Crippen molar-refractivity contribution >= 4 is 5.91 Å². The SMILES string of the molecule is O=C(c1ccc(C[NH+]2CCOCC2)cc1)N(Cc1ccccc1)Cc1ccccc1. The van der Waals surface area contributed by atoms with Gasteiger partial charge >= 0.3 is 0 Å². The lowest BCUT2D eigenvalue weighted by Gasteiger charge is -2.24. The number of nitrogens with one attached hydrogen (secondary N) is 1. The summed E-state index contributed by atoms with van der Waals surface area (Å²) in [5.74, 6) is 0.0629. The summed E-state index contributed by atoms with van der Waals surface area (Å²) in [7, 11) is 0. The van der Waals surface area contributed by atoms with E-state index in [0.29, 0.717) is 13.1 Å². The molecule has 30 heavy (non-hydrogen) atoms. The van der Waals surface area contributed by atoms with Crippen LogP contribution in [0.3, 0.4) is 0 Å². The summed E-state index contributed by atoms with van der Waals surface area (Å²) >= 11 is 0. The zero-order valence-corrected chi connectivity index (χ0v) is 17.3. The summed E-state index contributed by atoms with van der Waals surface area (Å²) in [4.78, 5) is 16.8. The molecule has 154 valence electrons. The number of carbonyl (C=O) groups is 1. The number of ether oxygens (including phenoxy) is 1. The first-order chi connectivity index (χ1) is 14.8. The Morgan fingerprint density at radius 1 is 0.733 bits per heavy atom. The van der Waals surface area contributed by atoms with Crippen LogP contribution in [0.15, 0.2) is 84.9 Å². The van der Waals surface area contributed by atoms with Crippen LogP contribution in [0.1, 0.15) is 27.0 Å². The summed E-state index contributed by atoms with van der Waals surface area (Å²) in [5, 5.41) is 0. The summed E-state index contributed by atoms with van der Waals surface area (Å²) in [5.41, 5.74) is 4.27. The van der Waals surface area contributed by atoms with Crippen LogP contribution in [0.5, 0.6) is 0 Å². The highest BCUT2D eigenvalue weighted by Gasteiger charge is 2.18. The third kappa shape index (κ3) is 5.56. The van der Waals surface area contributed by atoms with Crippen LogP contribution >= 0.6 is 0 Å². The van der Waals surface area contributed by atoms with Gasteiger partial charge in [-0.3, -0.25) is 4.79 Å². The number of benzene rings is 3. The smallest absolute Gasteiger partial charge is 0.254 e. The minimum Gasteiger partial charge on any atom is -0.370 e. The van der Waals surface area contributed by atoms with Gasteiger partial charge in [0.15, 0.2) is 0 Å². The molecule has 0 aromatic heterocycles. The second-order valence-electron chi connectivity index (χ2n) is 7.87. The predicted molar refractivity (Wildman–Crippen MR) is 118 cm³/mol. The van der Waals surface area contributed by atoms with E-state index in [9.17, 15) is 4.79 Å². The molecule has 1 aliphatic heterocycles. The Labute approximate surface area is 178 Å². The van der Waals surface area contributed by atoms with Gasteiger partial charge in [0.1, 0.15) is 19.6 Å². The van der Waals surface area contributed by atoms with E-state index in [4.69, 9.17) is 4.74 Å². The van der Waals surface area contributed by atoms with Gasteiger partial charge in [0, 0.05) is 24.2 Å². The van der Waals surface area contributed by atoms with Crippen LogP contribution in [-0.4, -0.2) is 37.1 Å². The van der Waals surface area contributed by atoms with E-state index in [1.807, 2.05) is 53.4 Å². The molecule has 4 heteroatoms. The third-order valence-electron chi connectivity index (χ3n) is 5.57. The molecular formula is C26H29N2O2+. The van der Waals surface area contributed by atoms with Crippen molar-refractivity contribution in [1.82, 2.24) is 4.90 Å². The van der Waals surface area contributed by atoms with Crippen molar-refractivity contribution in [1.29, 1.82) is 0 Å². The fourth-order valence-corrected chi connectivity index (χ4v) is 3.88. The van der Waals surface area contributed by atoms with E-state index in [2.05, 4.69) is 36.4 Å². The molecule has 0 atom stereocenters. The molecule has 1 aliphatic rings. The number of carbonyl (C=O) groups excluding carboxylic acids is 1. The van der Waals surface area contributed by atoms with E-state index in [0.717, 1.165) is 49.5 Å². The van der Waals surface area contributed by atoms with Crippen LogP contribution in [-0.2, 0) is 24.4 Å². The highest BCUT2D eigenvalue weighted by atomic mass is 16.5. The molecule has 3 aromatic carbocycles. The molecule has 1 saturated heterocycles. The van der Waals surface area contributed by atoms with E-state index >= 15 is 0 Å². The monoisotopic (exact) mass is 401 g/mol. The van der Waals surface area contributed by atoms with Crippen molar-refractivity contribution in [2.75, 3.05) is 26.3 Å². The first-order valence-electron chi connectivity index (χ1n) is 10.7. The number of quaternary nitrogens is 1. The van der Waals surface area contributed by atoms with E-state index < -0.39 is 0 Å². The Morgan fingerprint density at radius 3 is 1.80 bits per heavy atom. The van der Waals surface area contributed by atoms with Crippen molar-refractivity contribution < 1.29 is 14.4 Å². The van der Waals surface area contributed by atoms with Gasteiger partial charge in [-0.2, -0.15) is 0 Å². The average Bonchev–Trinajstić information content (AvgIpc) is 2.81. The molecule has 4 nitrogen and oxygen atoms in total. The fraction of sp³-hybridized carbons (Fsp3) is 0.269. The Kier molecular flexibility index (Phi) is 6.91. The molecular weight excluding hydrogens is 372 g/mol. The molecule has 1 N–H and O–H groups in total. The Hall–Kier alpha value is -2.95. The van der Waals surface area contributed by atoms with E-state index in [1.54, 1.807) is 0 Å². The normalized spacial score (nSPS) is 14.4. The zero-order chi connectivity index (χ0) is 20.6. The van der Waals surface area contributed by atoms with Crippen LogP contribution < -0.4 is 4.90 Å². The highest BCUT2D eigenvalue weighted by molar-refractivity contribution is 5.94. The number of amides is 1. The van der Waals surface area contributed by atoms with Gasteiger partial charge in [0.2, 0.25) is 0 Å². The van der Waals surface area contributed by atoms with Crippen molar-refractivity contribution in [2.45, 2.75) is 19.6 Å². The minimum atomic E-state index is 0.0629. The lowest BCUT2D eigenvalue weighted by Crippen LogP contribution is -3.12. The molecule has 0 aliphatic carbocycles. The molecule has 1 amide bonds. The molecule has 0 unspecified atom stereocenters. The van der Waals surface area contributed by atoms with Crippen molar-refractivity contribution in [3.05, 3.63) is 107 Å². The van der Waals surface area contributed by atoms with Crippen LogP contribution in [0.25, 0.3) is 0 Å². The maximum absolute atomic E-state index is 13.4. The van der Waals surface area contributed by atoms with E-state index in [-0.39, 0.29) is 5.91 Å². The van der Waals surface area contributed by atoms with Crippen LogP contribution in [0, 0.1) is 0 Å². The second-order valence-corrected chi connectivity index (χ2v) is 7.87. The molecule has 3 aromatic rings. The van der Waals surface area contributed by atoms with Gasteiger partial charge in [-0.25, -0.2) is 0 Å². The van der Waals surface area contributed by atoms with Crippen molar-refractivity contribution in [3.8, 4) is 0 Å². The van der Waals surface area contributed by atoms with Crippen LogP contribution in [0.2, 0.25) is 0 Å². The van der Waals surface area contributed by atoms with Gasteiger partial charge < -0.3 is 14.5 Å². The first kappa shape index (κ1) is 20.3. The Balaban J connectivity index is 1.48. The summed E-state index contributed by atoms with van der Waals surface area (Å²) in [6.45, 7) is 5.92. The lowest BCUT2D eigenvalue weighted by molar-refractivity contribution is -0.921. The third-order valence-corrected chi connectivity index (χ3v) is 5.57. The first-order valence-corrected chi connectivity index (χ1v) is 10.7. The molecule has 4 rings (SSSR count). The van der Waals surface area contributed by atoms with Crippen LogP contribution in [0.4, 0.5) is 0 Å². The minimum absolute atomic E-state index is 0.0629. The maximum atomic E-state index is 13.4. The molecule has 0 spiro atoms. The van der Waals surface area contributed by atoms with E-state index in [1.165, 1.54) is 10.5 Å². The van der Waals surface area contributed by atoms with Gasteiger partial charge in [0.25, 0.3) is 5.91 Å². The number of nitrogens with zero attached hydrogens (tertiary/aromatic N) is 1. The Bertz CT molecular complexity index is 879. The molecule has 0 radical (unpaired) electrons. The highest BCUT2D eigenvalue weighted by Crippen LogP contribution is 2.15. The average molecular weight is 402 g/mol. The quantitative estimate of drug-likeness (QED) is 0.661. The topological polar surface area (TPSA) is 34.0 Å². The molecule has 1 heterocycles. The second kappa shape index (κ2) is 10.2. The molecule has 0 saturated carbocycles. The largest absolute Gasteiger partial charge is 0.370 e. The Morgan fingerprint density at radius 2 is 1.27 bits per heavy atom. The molecule has 0 bridgehead atoms. The van der Waals surface area contributed by atoms with Gasteiger partial charge in [-0.1, -0.05) is 72.8 Å². The van der Waals surface area contributed by atoms with Crippen molar-refractivity contribution in [3.63, 3.8) is 0 Å². The van der Waals surface area contributed by atoms with Gasteiger partial charge in [0.05, 0.1) is 13.2 Å². The number of morpholine rings is 1.